The summed E-state index contributed by atoms with van der Waals surface area (Å²) in [7, 11) is 0. The summed E-state index contributed by atoms with van der Waals surface area (Å²) in [6.45, 7) is 5.37. The SMILES string of the molecule is Cc1ncnc(C(=O)N2CCC3(CC2)O[C@@H](C)c2c3c(=O)n3nc(-c4ccc(CN5CCC5)cc4F)nc3n2CC(=O)Nc2ccc(C(F)(F)F)cc2Cl)c1O. The molecule has 0 bridgehead atoms. The minimum Gasteiger partial charge on any atom is -0.504 e. The van der Waals surface area contributed by atoms with Crippen molar-refractivity contribution in [2.45, 2.75) is 64.1 Å². The number of rotatable bonds is 7. The van der Waals surface area contributed by atoms with Crippen LogP contribution in [0.3, 0.4) is 0 Å². The summed E-state index contributed by atoms with van der Waals surface area (Å²) < 4.78 is 64.5. The molecule has 2 aromatic carbocycles. The molecule has 2 fully saturated rings. The molecule has 2 saturated heterocycles. The van der Waals surface area contributed by atoms with Gasteiger partial charge in [0, 0.05) is 19.6 Å². The number of aryl methyl sites for hydroxylation is 1. The smallest absolute Gasteiger partial charge is 0.416 e. The van der Waals surface area contributed by atoms with Crippen LogP contribution < -0.4 is 10.9 Å². The van der Waals surface area contributed by atoms with Crippen LogP contribution in [0.2, 0.25) is 5.02 Å². The minimum atomic E-state index is -4.65. The van der Waals surface area contributed by atoms with Crippen molar-refractivity contribution in [3.63, 3.8) is 0 Å². The second-order valence-electron chi connectivity index (χ2n) is 14.2. The third-order valence-corrected chi connectivity index (χ3v) is 10.9. The molecule has 1 atom stereocenters. The molecule has 3 aromatic heterocycles. The number of carbonyl (C=O) groups is 2. The number of nitrogens with one attached hydrogen (secondary N) is 1. The quantitative estimate of drug-likeness (QED) is 0.209. The summed E-state index contributed by atoms with van der Waals surface area (Å²) in [5, 5.41) is 17.1. The Morgan fingerprint density at radius 1 is 1.09 bits per heavy atom. The Labute approximate surface area is 320 Å². The minimum absolute atomic E-state index is 0.0298. The first-order chi connectivity index (χ1) is 26.6. The fraction of sp³-hybridized carbons (Fsp3) is 0.378. The number of hydrogen-bond acceptors (Lipinski definition) is 10. The van der Waals surface area contributed by atoms with Gasteiger partial charge in [0.1, 0.15) is 24.3 Å². The van der Waals surface area contributed by atoms with E-state index >= 15 is 4.39 Å². The number of nitrogens with zero attached hydrogens (tertiary/aromatic N) is 8. The highest BCUT2D eigenvalue weighted by Crippen LogP contribution is 2.48. The summed E-state index contributed by atoms with van der Waals surface area (Å²) in [6.07, 6.45) is -2.90. The Kier molecular flexibility index (Phi) is 9.32. The summed E-state index contributed by atoms with van der Waals surface area (Å²) in [5.41, 5.74) is -1.59. The Balaban J connectivity index is 1.18. The van der Waals surface area contributed by atoms with Gasteiger partial charge in [0.15, 0.2) is 17.3 Å². The monoisotopic (exact) mass is 795 g/mol. The number of hydrogen-bond donors (Lipinski definition) is 2. The van der Waals surface area contributed by atoms with Crippen LogP contribution in [-0.4, -0.2) is 82.0 Å². The molecule has 5 aromatic rings. The molecule has 1 spiro atoms. The molecular weight excluding hydrogens is 762 g/mol. The molecule has 14 nitrogen and oxygen atoms in total. The third-order valence-electron chi connectivity index (χ3n) is 10.6. The molecule has 2 N–H and O–H groups in total. The molecule has 2 amide bonds. The number of aromatic hydroxyl groups is 1. The summed E-state index contributed by atoms with van der Waals surface area (Å²) >= 11 is 6.14. The summed E-state index contributed by atoms with van der Waals surface area (Å²) in [5.74, 6) is -2.40. The van der Waals surface area contributed by atoms with Gasteiger partial charge in [-0.1, -0.05) is 17.7 Å². The van der Waals surface area contributed by atoms with Crippen molar-refractivity contribution in [3.05, 3.63) is 97.7 Å². The zero-order valence-electron chi connectivity index (χ0n) is 30.0. The second kappa shape index (κ2) is 13.9. The molecule has 292 valence electrons. The van der Waals surface area contributed by atoms with E-state index in [-0.39, 0.29) is 76.5 Å². The first-order valence-electron chi connectivity index (χ1n) is 17.8. The van der Waals surface area contributed by atoms with Gasteiger partial charge >= 0.3 is 6.18 Å². The van der Waals surface area contributed by atoms with Crippen molar-refractivity contribution in [2.24, 2.45) is 0 Å². The number of ether oxygens (including phenoxy) is 1. The maximum absolute atomic E-state index is 15.7. The number of halogens is 5. The predicted molar refractivity (Wildman–Crippen MR) is 192 cm³/mol. The van der Waals surface area contributed by atoms with Gasteiger partial charge in [-0.15, -0.1) is 5.10 Å². The Morgan fingerprint density at radius 3 is 2.50 bits per heavy atom. The van der Waals surface area contributed by atoms with E-state index in [1.807, 2.05) is 0 Å². The van der Waals surface area contributed by atoms with Gasteiger partial charge in [0.25, 0.3) is 11.5 Å². The molecule has 56 heavy (non-hydrogen) atoms. The molecule has 8 rings (SSSR count). The number of likely N-dealkylation sites (tertiary alicyclic amines) is 2. The lowest BCUT2D eigenvalue weighted by Gasteiger charge is -2.39. The topological polar surface area (TPSA) is 160 Å². The van der Waals surface area contributed by atoms with Gasteiger partial charge < -0.3 is 24.6 Å². The van der Waals surface area contributed by atoms with Gasteiger partial charge in [-0.3, -0.25) is 19.3 Å². The molecule has 0 unspecified atom stereocenters. The molecular formula is C37H34ClF4N9O5. The van der Waals surface area contributed by atoms with Gasteiger partial charge in [-0.2, -0.15) is 22.7 Å². The van der Waals surface area contributed by atoms with Crippen molar-refractivity contribution >= 4 is 34.9 Å². The van der Waals surface area contributed by atoms with E-state index < -0.39 is 53.2 Å². The number of fused-ring (bicyclic) bond motifs is 3. The van der Waals surface area contributed by atoms with Crippen molar-refractivity contribution < 1.29 is 37.0 Å². The lowest BCUT2D eigenvalue weighted by Crippen LogP contribution is -2.47. The highest BCUT2D eigenvalue weighted by molar-refractivity contribution is 6.33. The second-order valence-corrected chi connectivity index (χ2v) is 14.6. The van der Waals surface area contributed by atoms with Crippen LogP contribution in [0.5, 0.6) is 5.75 Å². The maximum Gasteiger partial charge on any atom is 0.416 e. The number of aromatic nitrogens is 6. The van der Waals surface area contributed by atoms with E-state index in [4.69, 9.17) is 16.3 Å². The third kappa shape index (κ3) is 6.54. The van der Waals surface area contributed by atoms with E-state index in [2.05, 4.69) is 30.3 Å². The fourth-order valence-electron chi connectivity index (χ4n) is 7.62. The van der Waals surface area contributed by atoms with Crippen LogP contribution in [0.1, 0.15) is 70.9 Å². The molecule has 3 aliphatic heterocycles. The average molecular weight is 796 g/mol. The number of benzene rings is 2. The molecule has 0 saturated carbocycles. The number of carbonyl (C=O) groups excluding carboxylic acids is 2. The Bertz CT molecular complexity index is 2480. The first kappa shape index (κ1) is 37.5. The fourth-order valence-corrected chi connectivity index (χ4v) is 7.85. The highest BCUT2D eigenvalue weighted by atomic mass is 35.5. The predicted octanol–water partition coefficient (Wildman–Crippen LogP) is 5.24. The van der Waals surface area contributed by atoms with E-state index in [1.54, 1.807) is 19.9 Å². The number of piperidine rings is 1. The molecule has 0 aliphatic carbocycles. The summed E-state index contributed by atoms with van der Waals surface area (Å²) in [6, 6.07) is 7.22. The zero-order valence-corrected chi connectivity index (χ0v) is 30.8. The Morgan fingerprint density at radius 2 is 1.84 bits per heavy atom. The van der Waals surface area contributed by atoms with Crippen LogP contribution in [-0.2, 0) is 34.4 Å². The van der Waals surface area contributed by atoms with Crippen molar-refractivity contribution in [1.29, 1.82) is 0 Å². The first-order valence-corrected chi connectivity index (χ1v) is 18.2. The van der Waals surface area contributed by atoms with E-state index in [1.165, 1.54) is 27.9 Å². The van der Waals surface area contributed by atoms with Crippen LogP contribution in [0, 0.1) is 12.7 Å². The van der Waals surface area contributed by atoms with Crippen LogP contribution in [0.25, 0.3) is 17.2 Å². The lowest BCUT2D eigenvalue weighted by atomic mass is 9.85. The average Bonchev–Trinajstić information content (AvgIpc) is 3.70. The maximum atomic E-state index is 15.7. The van der Waals surface area contributed by atoms with E-state index in [0.29, 0.717) is 18.3 Å². The zero-order chi connectivity index (χ0) is 39.7. The standard InChI is InChI=1S/C37H34ClF4N9O5/c1-19-31(53)29(44-18-43-19)34(55)49-12-8-36(9-13-49)28-30(20(2)56-36)50(17-27(52)45-26-7-5-22(15-24(26)38)37(40,41)42)35-46-32(47-51(35)33(28)54)23-6-4-21(14-25(23)39)16-48-10-3-11-48/h4-7,14-15,18,20,53H,3,8-13,16-17H2,1-2H3,(H,45,52)/t20-/m0/s1. The number of alkyl halides is 3. The largest absolute Gasteiger partial charge is 0.504 e. The number of amides is 2. The van der Waals surface area contributed by atoms with Crippen LogP contribution in [0.4, 0.5) is 23.2 Å². The summed E-state index contributed by atoms with van der Waals surface area (Å²) in [4.78, 5) is 57.7. The van der Waals surface area contributed by atoms with Crippen LogP contribution in [0.15, 0.2) is 47.5 Å². The van der Waals surface area contributed by atoms with Gasteiger partial charge in [-0.05, 0) is 82.1 Å². The molecule has 3 aliphatic rings. The van der Waals surface area contributed by atoms with Crippen LogP contribution >= 0.6 is 11.6 Å². The highest BCUT2D eigenvalue weighted by Gasteiger charge is 2.51. The van der Waals surface area contributed by atoms with Crippen molar-refractivity contribution in [3.8, 4) is 17.1 Å². The lowest BCUT2D eigenvalue weighted by molar-refractivity contribution is -0.137. The Hall–Kier alpha value is -5.46. The molecule has 6 heterocycles. The van der Waals surface area contributed by atoms with Gasteiger partial charge in [0.05, 0.1) is 44.9 Å². The van der Waals surface area contributed by atoms with Crippen molar-refractivity contribution in [2.75, 3.05) is 31.5 Å². The van der Waals surface area contributed by atoms with E-state index in [0.717, 1.165) is 41.7 Å². The van der Waals surface area contributed by atoms with Gasteiger partial charge in [-0.25, -0.2) is 14.4 Å². The normalized spacial score (nSPS) is 18.0. The molecule has 19 heteroatoms. The van der Waals surface area contributed by atoms with E-state index in [9.17, 15) is 32.7 Å². The number of anilines is 1. The van der Waals surface area contributed by atoms with Crippen molar-refractivity contribution in [1.82, 2.24) is 38.9 Å². The molecule has 0 radical (unpaired) electrons. The van der Waals surface area contributed by atoms with Gasteiger partial charge in [0.2, 0.25) is 11.7 Å².